The maximum atomic E-state index is 12.6. The molecule has 0 saturated carbocycles. The molecule has 0 aliphatic carbocycles. The van der Waals surface area contributed by atoms with Gasteiger partial charge in [0.1, 0.15) is 0 Å². The van der Waals surface area contributed by atoms with Crippen molar-refractivity contribution in [2.75, 3.05) is 7.05 Å². The zero-order valence-electron chi connectivity index (χ0n) is 16.1. The highest BCUT2D eigenvalue weighted by atomic mass is 32.2. The summed E-state index contributed by atoms with van der Waals surface area (Å²) in [5, 5.41) is 9.06. The third kappa shape index (κ3) is 5.07. The average molecular weight is 414 g/mol. The summed E-state index contributed by atoms with van der Waals surface area (Å²) in [6, 6.07) is 15.4. The number of benzene rings is 2. The van der Waals surface area contributed by atoms with Crippen molar-refractivity contribution in [1.82, 2.24) is 15.0 Å². The van der Waals surface area contributed by atoms with Crippen molar-refractivity contribution in [3.8, 4) is 11.4 Å². The molecule has 1 amide bonds. The molecule has 3 rings (SSSR count). The number of hydrogen-bond donors (Lipinski definition) is 1. The Labute approximate surface area is 169 Å². The Morgan fingerprint density at radius 1 is 1.14 bits per heavy atom. The first-order valence-electron chi connectivity index (χ1n) is 9.02. The number of nitrogens with two attached hydrogens (primary N) is 1. The van der Waals surface area contributed by atoms with E-state index in [0.29, 0.717) is 18.1 Å². The van der Waals surface area contributed by atoms with Crippen LogP contribution in [0.3, 0.4) is 0 Å². The highest BCUT2D eigenvalue weighted by Crippen LogP contribution is 2.22. The Kier molecular flexibility index (Phi) is 6.09. The summed E-state index contributed by atoms with van der Waals surface area (Å²) in [7, 11) is -2.04. The minimum absolute atomic E-state index is 0.0352. The molecule has 0 aliphatic rings. The summed E-state index contributed by atoms with van der Waals surface area (Å²) in [6.45, 7) is 1.87. The van der Waals surface area contributed by atoms with Gasteiger partial charge >= 0.3 is 0 Å². The van der Waals surface area contributed by atoms with E-state index >= 15 is 0 Å². The molecule has 0 spiro atoms. The molecule has 2 aromatic carbocycles. The van der Waals surface area contributed by atoms with E-state index in [2.05, 4.69) is 10.1 Å². The first-order valence-corrected chi connectivity index (χ1v) is 10.6. The molecule has 29 heavy (non-hydrogen) atoms. The maximum absolute atomic E-state index is 12.6. The van der Waals surface area contributed by atoms with Gasteiger partial charge in [0.05, 0.1) is 10.9 Å². The van der Waals surface area contributed by atoms with E-state index in [4.69, 9.17) is 9.66 Å². The molecule has 1 heterocycles. The van der Waals surface area contributed by atoms with Crippen molar-refractivity contribution in [3.05, 3.63) is 66.1 Å². The second kappa shape index (κ2) is 8.54. The van der Waals surface area contributed by atoms with Crippen LogP contribution in [0.1, 0.15) is 30.8 Å². The van der Waals surface area contributed by atoms with E-state index in [1.807, 2.05) is 37.3 Å². The Morgan fingerprint density at radius 2 is 1.79 bits per heavy atom. The van der Waals surface area contributed by atoms with E-state index < -0.39 is 10.0 Å². The molecule has 3 aromatic rings. The standard InChI is InChI=1S/C20H22N4O4S/c1-14(15-8-10-17(11-9-15)29(21,26)27)24(2)19(25)13-12-18-22-20(23-28-18)16-6-4-3-5-7-16/h3-11,14H,12-13H2,1-2H3,(H2,21,26,27)/t14-/m0/s1. The van der Waals surface area contributed by atoms with Crippen molar-refractivity contribution < 1.29 is 17.7 Å². The van der Waals surface area contributed by atoms with Gasteiger partial charge in [-0.05, 0) is 24.6 Å². The van der Waals surface area contributed by atoms with E-state index in [9.17, 15) is 13.2 Å². The lowest BCUT2D eigenvalue weighted by Gasteiger charge is -2.25. The van der Waals surface area contributed by atoms with E-state index in [0.717, 1.165) is 11.1 Å². The van der Waals surface area contributed by atoms with E-state index in [1.165, 1.54) is 12.1 Å². The predicted octanol–water partition coefficient (Wildman–Crippen LogP) is 2.54. The number of nitrogens with zero attached hydrogens (tertiary/aromatic N) is 3. The third-order valence-corrected chi connectivity index (χ3v) is 5.65. The zero-order chi connectivity index (χ0) is 21.0. The van der Waals surface area contributed by atoms with Crippen molar-refractivity contribution in [2.45, 2.75) is 30.7 Å². The van der Waals surface area contributed by atoms with Crippen LogP contribution in [0, 0.1) is 0 Å². The van der Waals surface area contributed by atoms with Crippen LogP contribution < -0.4 is 5.14 Å². The molecule has 9 heteroatoms. The van der Waals surface area contributed by atoms with Gasteiger partial charge < -0.3 is 9.42 Å². The molecule has 0 aliphatic heterocycles. The first-order chi connectivity index (χ1) is 13.8. The number of hydrogen-bond acceptors (Lipinski definition) is 6. The van der Waals surface area contributed by atoms with Crippen LogP contribution in [0.15, 0.2) is 64.0 Å². The molecule has 0 saturated heterocycles. The SMILES string of the molecule is C[C@@H](c1ccc(S(N)(=O)=O)cc1)N(C)C(=O)CCc1nc(-c2ccccc2)no1. The molecular weight excluding hydrogens is 392 g/mol. The fourth-order valence-electron chi connectivity index (χ4n) is 2.83. The lowest BCUT2D eigenvalue weighted by Crippen LogP contribution is -2.29. The molecule has 1 atom stereocenters. The quantitative estimate of drug-likeness (QED) is 0.634. The maximum Gasteiger partial charge on any atom is 0.238 e. The monoisotopic (exact) mass is 414 g/mol. The van der Waals surface area contributed by atoms with Crippen LogP contribution in [-0.2, 0) is 21.2 Å². The number of aromatic nitrogens is 2. The van der Waals surface area contributed by atoms with Gasteiger partial charge in [0, 0.05) is 25.5 Å². The fraction of sp³-hybridized carbons (Fsp3) is 0.250. The second-order valence-corrected chi connectivity index (χ2v) is 8.23. The van der Waals surface area contributed by atoms with Crippen LogP contribution in [-0.4, -0.2) is 36.4 Å². The summed E-state index contributed by atoms with van der Waals surface area (Å²) in [5.74, 6) is 0.799. The van der Waals surface area contributed by atoms with Gasteiger partial charge in [-0.15, -0.1) is 0 Å². The minimum atomic E-state index is -3.74. The Hall–Kier alpha value is -3.04. The number of primary sulfonamides is 1. The van der Waals surface area contributed by atoms with Gasteiger partial charge in [-0.25, -0.2) is 13.6 Å². The molecule has 0 bridgehead atoms. The lowest BCUT2D eigenvalue weighted by atomic mass is 10.1. The predicted molar refractivity (Wildman–Crippen MR) is 107 cm³/mol. The van der Waals surface area contributed by atoms with Gasteiger partial charge in [0.2, 0.25) is 27.6 Å². The summed E-state index contributed by atoms with van der Waals surface area (Å²) in [6.07, 6.45) is 0.548. The second-order valence-electron chi connectivity index (χ2n) is 6.67. The molecule has 152 valence electrons. The van der Waals surface area contributed by atoms with Crippen LogP contribution in [0.5, 0.6) is 0 Å². The largest absolute Gasteiger partial charge is 0.339 e. The Balaban J connectivity index is 1.60. The number of aryl methyl sites for hydroxylation is 1. The summed E-state index contributed by atoms with van der Waals surface area (Å²) >= 11 is 0. The highest BCUT2D eigenvalue weighted by molar-refractivity contribution is 7.89. The van der Waals surface area contributed by atoms with Crippen LogP contribution in [0.4, 0.5) is 0 Å². The Bertz CT molecular complexity index is 1080. The van der Waals surface area contributed by atoms with Crippen molar-refractivity contribution in [3.63, 3.8) is 0 Å². The molecule has 0 unspecified atom stereocenters. The van der Waals surface area contributed by atoms with E-state index in [1.54, 1.807) is 24.1 Å². The summed E-state index contributed by atoms with van der Waals surface area (Å²) in [4.78, 5) is 18.5. The molecule has 1 aromatic heterocycles. The lowest BCUT2D eigenvalue weighted by molar-refractivity contribution is -0.131. The van der Waals surface area contributed by atoms with E-state index in [-0.39, 0.29) is 23.3 Å². The van der Waals surface area contributed by atoms with Gasteiger partial charge in [0.15, 0.2) is 0 Å². The zero-order valence-corrected chi connectivity index (χ0v) is 17.0. The molecule has 0 fully saturated rings. The number of rotatable bonds is 7. The first kappa shape index (κ1) is 20.7. The molecule has 8 nitrogen and oxygen atoms in total. The molecule has 0 radical (unpaired) electrons. The summed E-state index contributed by atoms with van der Waals surface area (Å²) < 4.78 is 28.0. The summed E-state index contributed by atoms with van der Waals surface area (Å²) in [5.41, 5.74) is 1.65. The topological polar surface area (TPSA) is 119 Å². The van der Waals surface area contributed by atoms with Crippen molar-refractivity contribution in [1.29, 1.82) is 0 Å². The number of amides is 1. The van der Waals surface area contributed by atoms with Crippen LogP contribution in [0.25, 0.3) is 11.4 Å². The fourth-order valence-corrected chi connectivity index (χ4v) is 3.34. The van der Waals surface area contributed by atoms with Gasteiger partial charge in [-0.1, -0.05) is 47.6 Å². The van der Waals surface area contributed by atoms with Gasteiger partial charge in [-0.2, -0.15) is 4.98 Å². The van der Waals surface area contributed by atoms with Gasteiger partial charge in [-0.3, -0.25) is 4.79 Å². The third-order valence-electron chi connectivity index (χ3n) is 4.72. The number of sulfonamides is 1. The van der Waals surface area contributed by atoms with Crippen LogP contribution in [0.2, 0.25) is 0 Å². The van der Waals surface area contributed by atoms with Crippen LogP contribution >= 0.6 is 0 Å². The highest BCUT2D eigenvalue weighted by Gasteiger charge is 2.19. The van der Waals surface area contributed by atoms with Crippen molar-refractivity contribution in [2.24, 2.45) is 5.14 Å². The normalized spacial score (nSPS) is 12.5. The van der Waals surface area contributed by atoms with Gasteiger partial charge in [0.25, 0.3) is 0 Å². The molecular formula is C20H22N4O4S. The number of carbonyl (C=O) groups excluding carboxylic acids is 1. The molecule has 2 N–H and O–H groups in total. The minimum Gasteiger partial charge on any atom is -0.339 e. The smallest absolute Gasteiger partial charge is 0.238 e. The average Bonchev–Trinajstić information content (AvgIpc) is 3.20. The number of carbonyl (C=O) groups is 1. The Morgan fingerprint density at radius 3 is 2.41 bits per heavy atom. The van der Waals surface area contributed by atoms with Crippen molar-refractivity contribution >= 4 is 15.9 Å².